The van der Waals surface area contributed by atoms with Crippen LogP contribution >= 0.6 is 0 Å². The molecule has 2 aromatic carbocycles. The smallest absolute Gasteiger partial charge is 0.242 e. The Hall–Kier alpha value is -3.42. The highest BCUT2D eigenvalue weighted by Crippen LogP contribution is 2.43. The lowest BCUT2D eigenvalue weighted by Gasteiger charge is -2.21. The number of ether oxygens (including phenoxy) is 3. The Morgan fingerprint density at radius 2 is 1.83 bits per heavy atom. The van der Waals surface area contributed by atoms with Gasteiger partial charge in [0, 0.05) is 31.0 Å². The fraction of sp³-hybridized carbons (Fsp3) is 0.333. The van der Waals surface area contributed by atoms with Crippen LogP contribution in [0.25, 0.3) is 0 Å². The number of carbonyl (C=O) groups is 2. The molecule has 3 N–H and O–H groups in total. The minimum absolute atomic E-state index is 0.00205. The van der Waals surface area contributed by atoms with Crippen LogP contribution in [0.15, 0.2) is 36.4 Å². The number of methoxy groups -OCH3 is 1. The van der Waals surface area contributed by atoms with E-state index < -0.39 is 12.0 Å². The van der Waals surface area contributed by atoms with E-state index in [0.29, 0.717) is 22.8 Å². The first-order chi connectivity index (χ1) is 13.9. The van der Waals surface area contributed by atoms with E-state index in [2.05, 4.69) is 10.6 Å². The molecule has 154 valence electrons. The number of phenolic OH excluding ortho intramolecular Hbond substituents is 1. The zero-order chi connectivity index (χ0) is 21.0. The van der Waals surface area contributed by atoms with Crippen LogP contribution in [-0.2, 0) is 9.59 Å². The number of hydrogen-bond acceptors (Lipinski definition) is 6. The standard InChI is InChI=1S/C21H24N2O6/c1-12(21(26)22-2)23-20(25)9-15(13-4-6-14(27-3)7-5-13)16-8-18-19(10-17(16)24)29-11-28-18/h4-8,10,12,15,24H,9,11H2,1-3H3,(H,22,26)(H,23,25)/t12-,15?/m0/s1. The number of likely N-dealkylation sites (N-methyl/N-ethyl adjacent to an activating group) is 1. The summed E-state index contributed by atoms with van der Waals surface area (Å²) in [6, 6.07) is 9.75. The van der Waals surface area contributed by atoms with Crippen LogP contribution in [-0.4, -0.2) is 43.9 Å². The predicted octanol–water partition coefficient (Wildman–Crippen LogP) is 1.90. The van der Waals surface area contributed by atoms with Gasteiger partial charge in [0.2, 0.25) is 18.6 Å². The number of fused-ring (bicyclic) bond motifs is 1. The largest absolute Gasteiger partial charge is 0.508 e. The average Bonchev–Trinajstić information content (AvgIpc) is 3.18. The van der Waals surface area contributed by atoms with E-state index in [1.807, 2.05) is 12.1 Å². The maximum absolute atomic E-state index is 12.6. The van der Waals surface area contributed by atoms with Gasteiger partial charge in [-0.1, -0.05) is 12.1 Å². The van der Waals surface area contributed by atoms with Crippen molar-refractivity contribution in [2.24, 2.45) is 0 Å². The number of benzene rings is 2. The van der Waals surface area contributed by atoms with Crippen molar-refractivity contribution in [2.75, 3.05) is 21.0 Å². The first-order valence-electron chi connectivity index (χ1n) is 9.20. The van der Waals surface area contributed by atoms with Crippen molar-refractivity contribution in [2.45, 2.75) is 25.3 Å². The second kappa shape index (κ2) is 8.72. The molecule has 8 nitrogen and oxygen atoms in total. The van der Waals surface area contributed by atoms with E-state index >= 15 is 0 Å². The van der Waals surface area contributed by atoms with Crippen LogP contribution in [0.3, 0.4) is 0 Å². The molecule has 2 atom stereocenters. The molecule has 0 saturated carbocycles. The van der Waals surface area contributed by atoms with Crippen molar-refractivity contribution in [3.8, 4) is 23.0 Å². The molecule has 2 aromatic rings. The van der Waals surface area contributed by atoms with Crippen LogP contribution in [0, 0.1) is 0 Å². The molecule has 3 rings (SSSR count). The lowest BCUT2D eigenvalue weighted by Crippen LogP contribution is -2.43. The van der Waals surface area contributed by atoms with Gasteiger partial charge in [0.15, 0.2) is 11.5 Å². The highest BCUT2D eigenvalue weighted by atomic mass is 16.7. The van der Waals surface area contributed by atoms with E-state index in [4.69, 9.17) is 14.2 Å². The van der Waals surface area contributed by atoms with Gasteiger partial charge < -0.3 is 30.0 Å². The Bertz CT molecular complexity index is 897. The van der Waals surface area contributed by atoms with Crippen LogP contribution < -0.4 is 24.8 Å². The molecule has 0 radical (unpaired) electrons. The zero-order valence-corrected chi connectivity index (χ0v) is 16.5. The number of carbonyl (C=O) groups excluding carboxylic acids is 2. The molecule has 1 heterocycles. The molecule has 0 aliphatic carbocycles. The number of amides is 2. The third kappa shape index (κ3) is 4.53. The Balaban J connectivity index is 1.92. The Morgan fingerprint density at radius 1 is 1.17 bits per heavy atom. The normalized spacial score (nSPS) is 14.0. The average molecular weight is 400 g/mol. The van der Waals surface area contributed by atoms with E-state index in [0.717, 1.165) is 5.56 Å². The summed E-state index contributed by atoms with van der Waals surface area (Å²) in [5.41, 5.74) is 1.34. The van der Waals surface area contributed by atoms with Gasteiger partial charge in [0.1, 0.15) is 17.5 Å². The monoisotopic (exact) mass is 400 g/mol. The molecule has 1 aliphatic heterocycles. The van der Waals surface area contributed by atoms with Gasteiger partial charge in [-0.2, -0.15) is 0 Å². The fourth-order valence-electron chi connectivity index (χ4n) is 3.24. The summed E-state index contributed by atoms with van der Waals surface area (Å²) in [5, 5.41) is 15.8. The number of nitrogens with one attached hydrogen (secondary N) is 2. The summed E-state index contributed by atoms with van der Waals surface area (Å²) in [5.74, 6) is 0.576. The maximum atomic E-state index is 12.6. The topological polar surface area (TPSA) is 106 Å². The minimum Gasteiger partial charge on any atom is -0.508 e. The SMILES string of the molecule is CNC(=O)[C@H](C)NC(=O)CC(c1ccc(OC)cc1)c1cc2c(cc1O)OCO2. The molecule has 0 bridgehead atoms. The third-order valence-corrected chi connectivity index (χ3v) is 4.82. The van der Waals surface area contributed by atoms with Gasteiger partial charge in [-0.3, -0.25) is 9.59 Å². The van der Waals surface area contributed by atoms with E-state index in [1.54, 1.807) is 32.2 Å². The molecule has 1 aliphatic rings. The maximum Gasteiger partial charge on any atom is 0.242 e. The van der Waals surface area contributed by atoms with Gasteiger partial charge in [-0.15, -0.1) is 0 Å². The summed E-state index contributed by atoms with van der Waals surface area (Å²) in [6.45, 7) is 1.69. The van der Waals surface area contributed by atoms with Gasteiger partial charge >= 0.3 is 0 Å². The van der Waals surface area contributed by atoms with E-state index in [9.17, 15) is 14.7 Å². The number of hydrogen-bond donors (Lipinski definition) is 3. The summed E-state index contributed by atoms with van der Waals surface area (Å²) in [6.07, 6.45) is 0.0286. The molecule has 8 heteroatoms. The first-order valence-corrected chi connectivity index (χ1v) is 9.20. The molecule has 0 fully saturated rings. The molecule has 29 heavy (non-hydrogen) atoms. The Labute approximate surface area is 168 Å². The molecular formula is C21H24N2O6. The minimum atomic E-state index is -0.672. The van der Waals surface area contributed by atoms with Crippen molar-refractivity contribution in [3.05, 3.63) is 47.5 Å². The van der Waals surface area contributed by atoms with Crippen LogP contribution in [0.1, 0.15) is 30.4 Å². The van der Waals surface area contributed by atoms with E-state index in [-0.39, 0.29) is 30.8 Å². The lowest BCUT2D eigenvalue weighted by atomic mass is 9.87. The molecule has 0 saturated heterocycles. The van der Waals surface area contributed by atoms with Crippen molar-refractivity contribution >= 4 is 11.8 Å². The van der Waals surface area contributed by atoms with Crippen molar-refractivity contribution in [1.82, 2.24) is 10.6 Å². The number of aromatic hydroxyl groups is 1. The van der Waals surface area contributed by atoms with Crippen LogP contribution in [0.4, 0.5) is 0 Å². The van der Waals surface area contributed by atoms with Crippen LogP contribution in [0.5, 0.6) is 23.0 Å². The predicted molar refractivity (Wildman–Crippen MR) is 105 cm³/mol. The Kier molecular flexibility index (Phi) is 6.11. The molecule has 2 amide bonds. The van der Waals surface area contributed by atoms with Crippen molar-refractivity contribution in [1.29, 1.82) is 0 Å². The van der Waals surface area contributed by atoms with Gasteiger partial charge in [0.25, 0.3) is 0 Å². The summed E-state index contributed by atoms with van der Waals surface area (Å²) < 4.78 is 15.9. The van der Waals surface area contributed by atoms with Gasteiger partial charge in [-0.05, 0) is 30.7 Å². The second-order valence-electron chi connectivity index (χ2n) is 6.70. The first kappa shape index (κ1) is 20.3. The van der Waals surface area contributed by atoms with Crippen molar-refractivity contribution in [3.63, 3.8) is 0 Å². The third-order valence-electron chi connectivity index (χ3n) is 4.82. The van der Waals surface area contributed by atoms with Crippen LogP contribution in [0.2, 0.25) is 0 Å². The summed E-state index contributed by atoms with van der Waals surface area (Å²) in [4.78, 5) is 24.4. The fourth-order valence-corrected chi connectivity index (χ4v) is 3.24. The molecule has 0 spiro atoms. The highest BCUT2D eigenvalue weighted by molar-refractivity contribution is 5.87. The molecule has 0 aromatic heterocycles. The number of phenols is 1. The quantitative estimate of drug-likeness (QED) is 0.656. The Morgan fingerprint density at radius 3 is 2.45 bits per heavy atom. The highest BCUT2D eigenvalue weighted by Gasteiger charge is 2.26. The molecular weight excluding hydrogens is 376 g/mol. The second-order valence-corrected chi connectivity index (χ2v) is 6.70. The van der Waals surface area contributed by atoms with Gasteiger partial charge in [-0.25, -0.2) is 0 Å². The van der Waals surface area contributed by atoms with Gasteiger partial charge in [0.05, 0.1) is 7.11 Å². The van der Waals surface area contributed by atoms with E-state index in [1.165, 1.54) is 13.1 Å². The number of rotatable bonds is 7. The molecule has 1 unspecified atom stereocenters. The lowest BCUT2D eigenvalue weighted by molar-refractivity contribution is -0.128. The van der Waals surface area contributed by atoms with Crippen molar-refractivity contribution < 1.29 is 28.9 Å². The zero-order valence-electron chi connectivity index (χ0n) is 16.5. The summed E-state index contributed by atoms with van der Waals surface area (Å²) >= 11 is 0. The summed E-state index contributed by atoms with van der Waals surface area (Å²) in [7, 11) is 3.08.